The van der Waals surface area contributed by atoms with Gasteiger partial charge in [-0.15, -0.1) is 0 Å². The van der Waals surface area contributed by atoms with Crippen LogP contribution in [0.15, 0.2) is 66.7 Å². The first-order valence-corrected chi connectivity index (χ1v) is 8.15. The fraction of sp³-hybridized carbons (Fsp3) is 0. The van der Waals surface area contributed by atoms with E-state index in [-0.39, 0.29) is 17.2 Å². The van der Waals surface area contributed by atoms with Gasteiger partial charge in [0.15, 0.2) is 11.6 Å². The highest BCUT2D eigenvalue weighted by Crippen LogP contribution is 2.20. The molecule has 3 aromatic carbocycles. The lowest BCUT2D eigenvalue weighted by atomic mass is 10.2. The summed E-state index contributed by atoms with van der Waals surface area (Å²) in [7, 11) is 0. The van der Waals surface area contributed by atoms with Crippen LogP contribution in [0.1, 0.15) is 20.7 Å². The maximum Gasteiger partial charge on any atom is 0.343 e. The third kappa shape index (κ3) is 4.48. The quantitative estimate of drug-likeness (QED) is 0.501. The van der Waals surface area contributed by atoms with Gasteiger partial charge in [0.25, 0.3) is 5.91 Å². The topological polar surface area (TPSA) is 55.4 Å². The highest BCUT2D eigenvalue weighted by molar-refractivity contribution is 6.34. The minimum absolute atomic E-state index is 0.120. The summed E-state index contributed by atoms with van der Waals surface area (Å²) >= 11 is 5.98. The molecule has 0 heterocycles. The van der Waals surface area contributed by atoms with E-state index >= 15 is 0 Å². The van der Waals surface area contributed by atoms with Gasteiger partial charge in [-0.3, -0.25) is 4.79 Å². The van der Waals surface area contributed by atoms with Gasteiger partial charge in [0.2, 0.25) is 0 Å². The molecule has 3 rings (SSSR count). The van der Waals surface area contributed by atoms with E-state index in [9.17, 15) is 18.4 Å². The number of amides is 1. The molecule has 0 atom stereocenters. The molecule has 0 aromatic heterocycles. The summed E-state index contributed by atoms with van der Waals surface area (Å²) in [4.78, 5) is 24.2. The summed E-state index contributed by atoms with van der Waals surface area (Å²) in [5, 5.41) is 3.00. The largest absolute Gasteiger partial charge is 0.423 e. The molecule has 0 fully saturated rings. The van der Waals surface area contributed by atoms with Gasteiger partial charge in [-0.25, -0.2) is 13.6 Å². The molecule has 0 unspecified atom stereocenters. The standard InChI is InChI=1S/C20H12ClF2NO3/c21-16-4-2-1-3-15(16)19(25)24-13-6-8-14(9-7-13)27-20(26)12-5-10-17(22)18(23)11-12/h1-11H,(H,24,25). The van der Waals surface area contributed by atoms with Gasteiger partial charge >= 0.3 is 5.97 Å². The highest BCUT2D eigenvalue weighted by Gasteiger charge is 2.13. The number of carbonyl (C=O) groups excluding carboxylic acids is 2. The normalized spacial score (nSPS) is 10.3. The van der Waals surface area contributed by atoms with Crippen LogP contribution in [0.3, 0.4) is 0 Å². The maximum absolute atomic E-state index is 13.2. The molecule has 27 heavy (non-hydrogen) atoms. The van der Waals surface area contributed by atoms with Crippen molar-refractivity contribution in [2.24, 2.45) is 0 Å². The molecule has 0 spiro atoms. The smallest absolute Gasteiger partial charge is 0.343 e. The zero-order valence-corrected chi connectivity index (χ0v) is 14.5. The Balaban J connectivity index is 1.66. The summed E-state index contributed by atoms with van der Waals surface area (Å²) in [5.74, 6) is -3.22. The van der Waals surface area contributed by atoms with E-state index in [0.717, 1.165) is 18.2 Å². The van der Waals surface area contributed by atoms with E-state index < -0.39 is 17.6 Å². The van der Waals surface area contributed by atoms with Crippen molar-refractivity contribution in [1.82, 2.24) is 0 Å². The molecule has 0 saturated carbocycles. The highest BCUT2D eigenvalue weighted by atomic mass is 35.5. The van der Waals surface area contributed by atoms with Crippen molar-refractivity contribution in [1.29, 1.82) is 0 Å². The van der Waals surface area contributed by atoms with Gasteiger partial charge in [-0.2, -0.15) is 0 Å². The second kappa shape index (κ2) is 7.97. The average molecular weight is 388 g/mol. The van der Waals surface area contributed by atoms with Crippen LogP contribution in [0.2, 0.25) is 5.02 Å². The van der Waals surface area contributed by atoms with Crippen molar-refractivity contribution >= 4 is 29.2 Å². The Hall–Kier alpha value is -3.25. The van der Waals surface area contributed by atoms with Crippen molar-refractivity contribution < 1.29 is 23.1 Å². The molecule has 4 nitrogen and oxygen atoms in total. The Labute approximate surface area is 158 Å². The lowest BCUT2D eigenvalue weighted by molar-refractivity contribution is 0.0734. The zero-order chi connectivity index (χ0) is 19.4. The van der Waals surface area contributed by atoms with Crippen LogP contribution in [-0.4, -0.2) is 11.9 Å². The molecule has 1 N–H and O–H groups in total. The molecule has 0 aliphatic carbocycles. The minimum atomic E-state index is -1.14. The summed E-state index contributed by atoms with van der Waals surface area (Å²) in [6, 6.07) is 15.3. The fourth-order valence-corrected chi connectivity index (χ4v) is 2.46. The third-order valence-electron chi connectivity index (χ3n) is 3.60. The van der Waals surface area contributed by atoms with Crippen LogP contribution in [-0.2, 0) is 0 Å². The van der Waals surface area contributed by atoms with E-state index in [1.54, 1.807) is 24.3 Å². The number of nitrogens with one attached hydrogen (secondary N) is 1. The number of ether oxygens (including phenoxy) is 1. The number of benzene rings is 3. The number of esters is 1. The summed E-state index contributed by atoms with van der Waals surface area (Å²) in [6.07, 6.45) is 0. The van der Waals surface area contributed by atoms with Crippen LogP contribution >= 0.6 is 11.6 Å². The Morgan fingerprint density at radius 2 is 1.59 bits per heavy atom. The zero-order valence-electron chi connectivity index (χ0n) is 13.7. The summed E-state index contributed by atoms with van der Waals surface area (Å²) in [6.45, 7) is 0. The number of anilines is 1. The molecule has 0 bridgehead atoms. The first-order chi connectivity index (χ1) is 12.9. The van der Waals surface area contributed by atoms with Crippen molar-refractivity contribution in [2.75, 3.05) is 5.32 Å². The molecular weight excluding hydrogens is 376 g/mol. The molecule has 0 radical (unpaired) electrons. The van der Waals surface area contributed by atoms with Gasteiger partial charge in [0, 0.05) is 5.69 Å². The number of carbonyl (C=O) groups is 2. The third-order valence-corrected chi connectivity index (χ3v) is 3.93. The lowest BCUT2D eigenvalue weighted by Gasteiger charge is -2.08. The Morgan fingerprint density at radius 3 is 2.26 bits per heavy atom. The van der Waals surface area contributed by atoms with Crippen molar-refractivity contribution in [3.8, 4) is 5.75 Å². The molecular formula is C20H12ClF2NO3. The van der Waals surface area contributed by atoms with Crippen LogP contribution in [0, 0.1) is 11.6 Å². The Morgan fingerprint density at radius 1 is 0.889 bits per heavy atom. The van der Waals surface area contributed by atoms with Crippen molar-refractivity contribution in [2.45, 2.75) is 0 Å². The van der Waals surface area contributed by atoms with Crippen LogP contribution in [0.5, 0.6) is 5.75 Å². The van der Waals surface area contributed by atoms with E-state index in [0.29, 0.717) is 16.3 Å². The van der Waals surface area contributed by atoms with Gasteiger partial charge in [-0.1, -0.05) is 23.7 Å². The van der Waals surface area contributed by atoms with Crippen molar-refractivity contribution in [3.05, 3.63) is 94.5 Å². The average Bonchev–Trinajstić information content (AvgIpc) is 2.65. The number of hydrogen-bond donors (Lipinski definition) is 1. The number of hydrogen-bond acceptors (Lipinski definition) is 3. The van der Waals surface area contributed by atoms with Crippen LogP contribution in [0.4, 0.5) is 14.5 Å². The molecule has 0 aliphatic rings. The lowest BCUT2D eigenvalue weighted by Crippen LogP contribution is -2.12. The molecule has 0 saturated heterocycles. The SMILES string of the molecule is O=C(Oc1ccc(NC(=O)c2ccccc2Cl)cc1)c1ccc(F)c(F)c1. The van der Waals surface area contributed by atoms with Gasteiger partial charge < -0.3 is 10.1 Å². The second-order valence-electron chi connectivity index (χ2n) is 5.48. The van der Waals surface area contributed by atoms with Crippen LogP contribution in [0.25, 0.3) is 0 Å². The van der Waals surface area contributed by atoms with E-state index in [1.165, 1.54) is 24.3 Å². The number of halogens is 3. The van der Waals surface area contributed by atoms with E-state index in [1.807, 2.05) is 0 Å². The van der Waals surface area contributed by atoms with Gasteiger partial charge in [0.05, 0.1) is 16.1 Å². The number of rotatable bonds is 4. The first-order valence-electron chi connectivity index (χ1n) is 7.77. The maximum atomic E-state index is 13.2. The van der Waals surface area contributed by atoms with Crippen molar-refractivity contribution in [3.63, 3.8) is 0 Å². The molecule has 136 valence electrons. The molecule has 7 heteroatoms. The monoisotopic (exact) mass is 387 g/mol. The fourth-order valence-electron chi connectivity index (χ4n) is 2.24. The Bertz CT molecular complexity index is 1010. The summed E-state index contributed by atoms with van der Waals surface area (Å²) in [5.41, 5.74) is 0.672. The molecule has 3 aromatic rings. The predicted octanol–water partition coefficient (Wildman–Crippen LogP) is 5.09. The predicted molar refractivity (Wildman–Crippen MR) is 97.2 cm³/mol. The molecule has 1 amide bonds. The molecule has 0 aliphatic heterocycles. The second-order valence-corrected chi connectivity index (χ2v) is 5.88. The summed E-state index contributed by atoms with van der Waals surface area (Å²) < 4.78 is 31.2. The van der Waals surface area contributed by atoms with E-state index in [2.05, 4.69) is 5.32 Å². The van der Waals surface area contributed by atoms with E-state index in [4.69, 9.17) is 16.3 Å². The van der Waals surface area contributed by atoms with Gasteiger partial charge in [-0.05, 0) is 54.6 Å². The van der Waals surface area contributed by atoms with Crippen LogP contribution < -0.4 is 10.1 Å². The minimum Gasteiger partial charge on any atom is -0.423 e. The van der Waals surface area contributed by atoms with Gasteiger partial charge in [0.1, 0.15) is 5.75 Å². The Kier molecular flexibility index (Phi) is 5.47. The first kappa shape index (κ1) is 18.5.